The van der Waals surface area contributed by atoms with Gasteiger partial charge in [0.25, 0.3) is 5.91 Å². The number of anilines is 3. The third-order valence-corrected chi connectivity index (χ3v) is 7.34. The van der Waals surface area contributed by atoms with E-state index in [0.29, 0.717) is 23.1 Å². The maximum Gasteiger partial charge on any atom is 0.254 e. The number of aryl methyl sites for hydroxylation is 1. The summed E-state index contributed by atoms with van der Waals surface area (Å²) in [5.74, 6) is 2.80. The van der Waals surface area contributed by atoms with Gasteiger partial charge in [-0.3, -0.25) is 4.79 Å². The second-order valence-electron chi connectivity index (χ2n) is 9.63. The van der Waals surface area contributed by atoms with Crippen LogP contribution in [-0.4, -0.2) is 36.5 Å². The summed E-state index contributed by atoms with van der Waals surface area (Å²) in [6.07, 6.45) is 4.86. The van der Waals surface area contributed by atoms with Gasteiger partial charge < -0.3 is 15.0 Å². The van der Waals surface area contributed by atoms with Crippen molar-refractivity contribution in [3.63, 3.8) is 0 Å². The predicted octanol–water partition coefficient (Wildman–Crippen LogP) is 5.05. The number of pyridine rings is 1. The Morgan fingerprint density at radius 1 is 1.03 bits per heavy atom. The van der Waals surface area contributed by atoms with Crippen LogP contribution in [0.1, 0.15) is 12.5 Å². The highest BCUT2D eigenvalue weighted by Crippen LogP contribution is 2.54. The van der Waals surface area contributed by atoms with Gasteiger partial charge in [0.1, 0.15) is 30.0 Å². The van der Waals surface area contributed by atoms with Gasteiger partial charge in [-0.2, -0.15) is 5.10 Å². The first-order valence-corrected chi connectivity index (χ1v) is 12.1. The van der Waals surface area contributed by atoms with Crippen LogP contribution < -0.4 is 15.0 Å². The zero-order valence-electron chi connectivity index (χ0n) is 20.3. The minimum Gasteiger partial charge on any atom is -0.457 e. The molecule has 1 N–H and O–H groups in total. The Balaban J connectivity index is 1.17. The van der Waals surface area contributed by atoms with E-state index in [1.54, 1.807) is 4.52 Å². The number of ether oxygens (including phenoxy) is 1. The molecule has 7 rings (SSSR count). The molecular weight excluding hydrogens is 466 g/mol. The molecule has 4 heterocycles. The number of carbonyl (C=O) groups is 1. The van der Waals surface area contributed by atoms with E-state index < -0.39 is 0 Å². The molecular formula is C28H23N7O2. The summed E-state index contributed by atoms with van der Waals surface area (Å²) in [6.45, 7) is 8.18. The summed E-state index contributed by atoms with van der Waals surface area (Å²) >= 11 is 0. The van der Waals surface area contributed by atoms with Crippen LogP contribution in [0, 0.1) is 18.8 Å². The quantitative estimate of drug-likeness (QED) is 0.345. The summed E-state index contributed by atoms with van der Waals surface area (Å²) in [4.78, 5) is 27.8. The summed E-state index contributed by atoms with van der Waals surface area (Å²) in [7, 11) is 0. The van der Waals surface area contributed by atoms with Crippen LogP contribution in [0.4, 0.5) is 17.2 Å². The molecule has 0 radical (unpaired) electrons. The molecule has 0 unspecified atom stereocenters. The van der Waals surface area contributed by atoms with Crippen LogP contribution in [0.2, 0.25) is 0 Å². The average molecular weight is 490 g/mol. The summed E-state index contributed by atoms with van der Waals surface area (Å²) in [5.41, 5.74) is 4.89. The predicted molar refractivity (Wildman–Crippen MR) is 140 cm³/mol. The molecule has 5 aromatic rings. The van der Waals surface area contributed by atoms with Crippen LogP contribution in [0.15, 0.2) is 79.5 Å². The molecule has 0 spiro atoms. The van der Waals surface area contributed by atoms with Gasteiger partial charge in [-0.25, -0.2) is 19.5 Å². The second-order valence-corrected chi connectivity index (χ2v) is 9.63. The Morgan fingerprint density at radius 3 is 2.76 bits per heavy atom. The van der Waals surface area contributed by atoms with E-state index in [1.807, 2.05) is 66.6 Å². The van der Waals surface area contributed by atoms with Crippen molar-refractivity contribution in [2.24, 2.45) is 11.8 Å². The minimum atomic E-state index is 0.00758. The standard InChI is InChI=1S/C28H23N7O2/c1-15-10-18(4-7-23(15)37-20-8-9-34-24(12-20)30-14-32-34)33-27-21-11-19(5-6-22(21)29-13-31-27)35-26-16(2)25(26)17(3)28(35)36/h4-14,16,25-26H,3H2,1-2H3,(H,29,31,33)/t16-,25-,26-/m1/s1. The Morgan fingerprint density at radius 2 is 1.92 bits per heavy atom. The van der Waals surface area contributed by atoms with Crippen molar-refractivity contribution in [3.05, 3.63) is 85.1 Å². The van der Waals surface area contributed by atoms with E-state index in [-0.39, 0.29) is 17.9 Å². The fourth-order valence-corrected chi connectivity index (χ4v) is 5.34. The van der Waals surface area contributed by atoms with Gasteiger partial charge in [0, 0.05) is 46.6 Å². The molecule has 1 aliphatic carbocycles. The van der Waals surface area contributed by atoms with Gasteiger partial charge >= 0.3 is 0 Å². The van der Waals surface area contributed by atoms with E-state index in [4.69, 9.17) is 4.74 Å². The lowest BCUT2D eigenvalue weighted by Crippen LogP contribution is -2.30. The van der Waals surface area contributed by atoms with Gasteiger partial charge in [-0.1, -0.05) is 13.5 Å². The number of nitrogens with one attached hydrogen (secondary N) is 1. The van der Waals surface area contributed by atoms with Crippen LogP contribution in [0.5, 0.6) is 11.5 Å². The molecule has 1 aliphatic heterocycles. The molecule has 1 saturated carbocycles. The van der Waals surface area contributed by atoms with Gasteiger partial charge in [-0.05, 0) is 60.9 Å². The van der Waals surface area contributed by atoms with Gasteiger partial charge in [0.15, 0.2) is 5.65 Å². The van der Waals surface area contributed by atoms with E-state index in [0.717, 1.165) is 39.2 Å². The summed E-state index contributed by atoms with van der Waals surface area (Å²) < 4.78 is 7.78. The van der Waals surface area contributed by atoms with Crippen molar-refractivity contribution in [3.8, 4) is 11.5 Å². The molecule has 2 aromatic carbocycles. The minimum absolute atomic E-state index is 0.00758. The van der Waals surface area contributed by atoms with Crippen molar-refractivity contribution in [1.82, 2.24) is 24.6 Å². The highest BCUT2D eigenvalue weighted by molar-refractivity contribution is 6.12. The number of hydrogen-bond acceptors (Lipinski definition) is 7. The smallest absolute Gasteiger partial charge is 0.254 e. The molecule has 3 aromatic heterocycles. The van der Waals surface area contributed by atoms with E-state index >= 15 is 0 Å². The lowest BCUT2D eigenvalue weighted by Gasteiger charge is -2.21. The van der Waals surface area contributed by atoms with Gasteiger partial charge in [0.05, 0.1) is 5.52 Å². The first-order valence-electron chi connectivity index (χ1n) is 12.1. The Kier molecular flexibility index (Phi) is 4.56. The fourth-order valence-electron chi connectivity index (χ4n) is 5.34. The third kappa shape index (κ3) is 3.42. The van der Waals surface area contributed by atoms with Crippen LogP contribution >= 0.6 is 0 Å². The number of piperidine rings is 1. The van der Waals surface area contributed by atoms with Crippen molar-refractivity contribution < 1.29 is 9.53 Å². The SMILES string of the molecule is C=C1C(=O)N(c2ccc3ncnc(Nc4ccc(Oc5ccn6ncnc6c5)c(C)c4)c3c2)[C@@H]2[C@H](C)[C@H]12. The molecule has 3 atom stereocenters. The second kappa shape index (κ2) is 7.86. The molecule has 9 nitrogen and oxygen atoms in total. The lowest BCUT2D eigenvalue weighted by atomic mass is 10.1. The zero-order valence-corrected chi connectivity index (χ0v) is 20.3. The Labute approximate surface area is 212 Å². The number of nitrogens with zero attached hydrogens (tertiary/aromatic N) is 6. The molecule has 2 aliphatic rings. The number of fused-ring (bicyclic) bond motifs is 3. The molecule has 37 heavy (non-hydrogen) atoms. The van der Waals surface area contributed by atoms with Crippen LogP contribution in [0.25, 0.3) is 16.6 Å². The fraction of sp³-hybridized carbons (Fsp3) is 0.179. The Bertz CT molecular complexity index is 1740. The van der Waals surface area contributed by atoms with Crippen molar-refractivity contribution in [2.45, 2.75) is 19.9 Å². The molecule has 1 saturated heterocycles. The topological polar surface area (TPSA) is 97.5 Å². The third-order valence-electron chi connectivity index (χ3n) is 7.34. The molecule has 182 valence electrons. The van der Waals surface area contributed by atoms with Crippen LogP contribution in [-0.2, 0) is 4.79 Å². The number of aromatic nitrogens is 5. The number of benzene rings is 2. The van der Waals surface area contributed by atoms with Crippen LogP contribution in [0.3, 0.4) is 0 Å². The molecule has 9 heteroatoms. The van der Waals surface area contributed by atoms with Crippen molar-refractivity contribution >= 4 is 39.6 Å². The number of rotatable bonds is 5. The van der Waals surface area contributed by atoms with Crippen molar-refractivity contribution in [1.29, 1.82) is 0 Å². The maximum atomic E-state index is 12.8. The number of amides is 1. The average Bonchev–Trinajstić information content (AvgIpc) is 3.21. The largest absolute Gasteiger partial charge is 0.457 e. The molecule has 0 bridgehead atoms. The van der Waals surface area contributed by atoms with E-state index in [2.05, 4.69) is 38.9 Å². The molecule has 1 amide bonds. The summed E-state index contributed by atoms with van der Waals surface area (Å²) in [5, 5.41) is 8.37. The van der Waals surface area contributed by atoms with Gasteiger partial charge in [0.2, 0.25) is 0 Å². The normalized spacial score (nSPS) is 20.5. The van der Waals surface area contributed by atoms with Gasteiger partial charge in [-0.15, -0.1) is 0 Å². The first-order chi connectivity index (χ1) is 18.0. The molecule has 2 fully saturated rings. The monoisotopic (exact) mass is 489 g/mol. The highest BCUT2D eigenvalue weighted by Gasteiger charge is 2.61. The number of carbonyl (C=O) groups excluding carboxylic acids is 1. The number of hydrogen-bond donors (Lipinski definition) is 1. The van der Waals surface area contributed by atoms with Crippen molar-refractivity contribution in [2.75, 3.05) is 10.2 Å². The maximum absolute atomic E-state index is 12.8. The lowest BCUT2D eigenvalue weighted by molar-refractivity contribution is -0.114. The van der Waals surface area contributed by atoms with E-state index in [1.165, 1.54) is 12.7 Å². The zero-order chi connectivity index (χ0) is 25.3. The highest BCUT2D eigenvalue weighted by atomic mass is 16.5. The summed E-state index contributed by atoms with van der Waals surface area (Å²) in [6, 6.07) is 15.6. The first kappa shape index (κ1) is 21.5. The van der Waals surface area contributed by atoms with E-state index in [9.17, 15) is 4.79 Å². The Hall–Kier alpha value is -4.79.